The van der Waals surface area contributed by atoms with Crippen LogP contribution in [-0.4, -0.2) is 124 Å². The molecule has 0 unspecified atom stereocenters. The summed E-state index contributed by atoms with van der Waals surface area (Å²) < 4.78 is 13.5. The molecule has 4 N–H and O–H groups in total. The molecule has 5 heterocycles. The maximum Gasteiger partial charge on any atom is 0.246 e. The Hall–Kier alpha value is -6.55. The minimum atomic E-state index is -1.03. The highest BCUT2D eigenvalue weighted by molar-refractivity contribution is 7.15. The number of aromatic nitrogens is 4. The van der Waals surface area contributed by atoms with Crippen molar-refractivity contribution in [1.29, 1.82) is 0 Å². The molecule has 1 saturated heterocycles. The second kappa shape index (κ2) is 26.7. The number of aryl methyl sites for hydroxylation is 3. The summed E-state index contributed by atoms with van der Waals surface area (Å²) in [7, 11) is 0. The van der Waals surface area contributed by atoms with Crippen molar-refractivity contribution in [2.45, 2.75) is 124 Å². The number of azide groups is 1. The normalized spacial score (nSPS) is 16.8. The number of rotatable bonds is 24. The van der Waals surface area contributed by atoms with Crippen molar-refractivity contribution in [1.82, 2.24) is 45.9 Å². The summed E-state index contributed by atoms with van der Waals surface area (Å²) in [4.78, 5) is 84.5. The summed E-state index contributed by atoms with van der Waals surface area (Å²) in [6, 6.07) is 11.9. The second-order valence-corrected chi connectivity index (χ2v) is 22.9. The molecule has 0 aliphatic carbocycles. The van der Waals surface area contributed by atoms with Crippen LogP contribution in [0.4, 0.5) is 0 Å². The van der Waals surface area contributed by atoms with Gasteiger partial charge in [-0.05, 0) is 100 Å². The number of aliphatic imine (C=N–C) groups is 1. The van der Waals surface area contributed by atoms with Gasteiger partial charge < -0.3 is 35.6 Å². The van der Waals surface area contributed by atoms with E-state index < -0.39 is 47.4 Å². The molecule has 0 saturated carbocycles. The molecule has 23 heteroatoms. The van der Waals surface area contributed by atoms with Gasteiger partial charge in [-0.1, -0.05) is 73.9 Å². The number of unbranched alkanes of at least 4 members (excludes halogenated alkanes) is 1. The molecule has 3 aromatic heterocycles. The molecule has 5 aromatic rings. The fourth-order valence-electron chi connectivity index (χ4n) is 9.33. The number of amides is 5. The van der Waals surface area contributed by atoms with Crippen LogP contribution in [0.5, 0.6) is 0 Å². The summed E-state index contributed by atoms with van der Waals surface area (Å²) in [5.74, 6) is -0.520. The van der Waals surface area contributed by atoms with Crippen LogP contribution in [0.15, 0.2) is 64.1 Å². The summed E-state index contributed by atoms with van der Waals surface area (Å²) in [5.41, 5.74) is 16.2. The molecule has 7 rings (SSSR count). The molecule has 0 spiro atoms. The molecule has 0 bridgehead atoms. The lowest BCUT2D eigenvalue weighted by Gasteiger charge is -2.35. The number of nitrogens with one attached hydrogen (secondary N) is 4. The number of thiazole rings is 1. The van der Waals surface area contributed by atoms with Gasteiger partial charge in [-0.25, -0.2) is 4.98 Å². The Morgan fingerprint density at radius 2 is 1.64 bits per heavy atom. The number of carbonyl (C=O) groups is 5. The molecular formula is C54H68ClN13O7S2. The lowest BCUT2D eigenvalue weighted by atomic mass is 9.85. The zero-order valence-corrected chi connectivity index (χ0v) is 47.2. The highest BCUT2D eigenvalue weighted by atomic mass is 35.5. The zero-order chi connectivity index (χ0) is 55.4. The molecule has 2 aliphatic rings. The summed E-state index contributed by atoms with van der Waals surface area (Å²) >= 11 is 9.45. The quantitative estimate of drug-likeness (QED) is 0.0200. The van der Waals surface area contributed by atoms with Crippen LogP contribution in [0.1, 0.15) is 123 Å². The van der Waals surface area contributed by atoms with E-state index >= 15 is 0 Å². The molecule has 0 radical (unpaired) electrons. The van der Waals surface area contributed by atoms with Crippen LogP contribution in [-0.2, 0) is 33.4 Å². The number of likely N-dealkylation sites (tertiary alicyclic amines) is 1. The fourth-order valence-corrected chi connectivity index (χ4v) is 11.5. The molecule has 5 amide bonds. The highest BCUT2D eigenvalue weighted by Gasteiger charge is 2.45. The molecule has 5 atom stereocenters. The van der Waals surface area contributed by atoms with Crippen LogP contribution in [0.2, 0.25) is 5.02 Å². The average Bonchev–Trinajstić information content (AvgIpc) is 4.34. The van der Waals surface area contributed by atoms with Gasteiger partial charge in [0.2, 0.25) is 29.5 Å². The van der Waals surface area contributed by atoms with E-state index in [4.69, 9.17) is 31.6 Å². The first-order valence-corrected chi connectivity index (χ1v) is 27.9. The Labute approximate surface area is 461 Å². The molecule has 410 valence electrons. The lowest BCUT2D eigenvalue weighted by Crippen LogP contribution is -2.58. The number of carbonyl (C=O) groups excluding carboxylic acids is 5. The number of fused-ring (bicyclic) bond motifs is 3. The smallest absolute Gasteiger partial charge is 0.246 e. The van der Waals surface area contributed by atoms with Gasteiger partial charge in [0.05, 0.1) is 40.9 Å². The van der Waals surface area contributed by atoms with E-state index in [1.807, 2.05) is 94.6 Å². The maximum atomic E-state index is 14.6. The topological polar surface area (TPSA) is 260 Å². The number of ether oxygens (including phenoxy) is 2. The third-order valence-corrected chi connectivity index (χ3v) is 16.0. The Morgan fingerprint density at radius 1 is 0.909 bits per heavy atom. The van der Waals surface area contributed by atoms with Crippen LogP contribution < -0.4 is 21.3 Å². The zero-order valence-electron chi connectivity index (χ0n) is 44.9. The van der Waals surface area contributed by atoms with Crippen molar-refractivity contribution >= 4 is 69.5 Å². The van der Waals surface area contributed by atoms with Gasteiger partial charge >= 0.3 is 0 Å². The van der Waals surface area contributed by atoms with Crippen molar-refractivity contribution < 1.29 is 33.4 Å². The predicted octanol–water partition coefficient (Wildman–Crippen LogP) is 8.14. The first-order chi connectivity index (χ1) is 36.8. The number of halogens is 1. The van der Waals surface area contributed by atoms with Crippen molar-refractivity contribution in [3.63, 3.8) is 0 Å². The van der Waals surface area contributed by atoms with E-state index in [1.165, 1.54) is 4.90 Å². The number of hydrogen-bond acceptors (Lipinski definition) is 14. The van der Waals surface area contributed by atoms with Crippen molar-refractivity contribution in [3.05, 3.63) is 114 Å². The Balaban J connectivity index is 0.883. The van der Waals surface area contributed by atoms with E-state index in [9.17, 15) is 24.0 Å². The maximum absolute atomic E-state index is 14.6. The Kier molecular flexibility index (Phi) is 20.1. The van der Waals surface area contributed by atoms with Gasteiger partial charge in [0, 0.05) is 71.2 Å². The van der Waals surface area contributed by atoms with E-state index in [0.717, 1.165) is 54.0 Å². The van der Waals surface area contributed by atoms with Gasteiger partial charge in [-0.3, -0.25) is 33.5 Å². The summed E-state index contributed by atoms with van der Waals surface area (Å²) in [5, 5.41) is 25.8. The standard InChI is InChI=1S/C54H68ClN13O7S2/c1-31-34(4)77-53-46(31)47(37-17-19-39(55)20-18-37)62-41(50-65-64-35(5)68(50)53)27-44(70)57-22-25-74-23-11-24-75-29-45(71)63-49(54(6,7)8)52(73)67-28-40(61-43(69)12-9-10-21-59-66-56)26-42(67)51(72)60-32(2)36-13-15-38(16-14-36)48-33(3)58-30-76-48/h13-20,30,32,40-42,49H,9-12,21-29H2,1-8H3,(H,57,70)(H,60,72)(H,61,69)(H,63,71)/t32-,40+,41-,42-,49+/m0/s1. The van der Waals surface area contributed by atoms with Crippen LogP contribution in [0.25, 0.3) is 25.9 Å². The predicted molar refractivity (Wildman–Crippen MR) is 297 cm³/mol. The van der Waals surface area contributed by atoms with Crippen LogP contribution in [0.3, 0.4) is 0 Å². The van der Waals surface area contributed by atoms with Gasteiger partial charge in [0.1, 0.15) is 35.6 Å². The number of hydrogen-bond donors (Lipinski definition) is 4. The lowest BCUT2D eigenvalue weighted by molar-refractivity contribution is -0.144. The molecule has 77 heavy (non-hydrogen) atoms. The van der Waals surface area contributed by atoms with Gasteiger partial charge in [-0.2, -0.15) is 0 Å². The monoisotopic (exact) mass is 1110 g/mol. The molecule has 20 nitrogen and oxygen atoms in total. The van der Waals surface area contributed by atoms with Gasteiger partial charge in [0.25, 0.3) is 0 Å². The fraction of sp³-hybridized carbons (Fsp3) is 0.500. The SMILES string of the molecule is Cc1ncsc1-c1ccc([C@H](C)NC(=O)[C@@H]2C[C@@H](NC(=O)CCCCN=[N+]=[N-])CN2C(=O)[C@@H](NC(=O)COCCCOCCNC(=O)C[C@@H]2N=C(c3ccc(Cl)cc3)c3c(sc(C)c3C)-n3c(C)nnc32)C(C)(C)C)cc1. The summed E-state index contributed by atoms with van der Waals surface area (Å²) in [6.07, 6.45) is 1.92. The number of nitrogens with zero attached hydrogens (tertiary/aromatic N) is 9. The third kappa shape index (κ3) is 14.9. The first-order valence-electron chi connectivity index (χ1n) is 25.8. The molecule has 1 fully saturated rings. The van der Waals surface area contributed by atoms with E-state index in [2.05, 4.69) is 60.3 Å². The highest BCUT2D eigenvalue weighted by Crippen LogP contribution is 2.40. The largest absolute Gasteiger partial charge is 0.380 e. The average molecular weight is 1110 g/mol. The van der Waals surface area contributed by atoms with Crippen molar-refractivity contribution in [3.8, 4) is 15.4 Å². The molecule has 2 aliphatic heterocycles. The Bertz CT molecular complexity index is 2980. The number of benzene rings is 2. The van der Waals surface area contributed by atoms with Crippen LogP contribution in [0, 0.1) is 33.1 Å². The van der Waals surface area contributed by atoms with Crippen molar-refractivity contribution in [2.75, 3.05) is 46.1 Å². The summed E-state index contributed by atoms with van der Waals surface area (Å²) in [6.45, 7) is 16.4. The minimum Gasteiger partial charge on any atom is -0.380 e. The van der Waals surface area contributed by atoms with Gasteiger partial charge in [0.15, 0.2) is 5.82 Å². The first kappa shape index (κ1) is 58.1. The third-order valence-electron chi connectivity index (χ3n) is 13.5. The van der Waals surface area contributed by atoms with Crippen molar-refractivity contribution in [2.24, 2.45) is 15.5 Å². The second-order valence-electron chi connectivity index (χ2n) is 20.4. The van der Waals surface area contributed by atoms with E-state index in [1.54, 1.807) is 28.2 Å². The van der Waals surface area contributed by atoms with E-state index in [-0.39, 0.29) is 76.4 Å². The van der Waals surface area contributed by atoms with E-state index in [0.29, 0.717) is 42.5 Å². The minimum absolute atomic E-state index is 0.0414. The Morgan fingerprint density at radius 3 is 2.34 bits per heavy atom. The molecular weight excluding hydrogens is 1040 g/mol. The van der Waals surface area contributed by atoms with Gasteiger partial charge in [-0.15, -0.1) is 32.9 Å². The number of thiophene rings is 1. The van der Waals surface area contributed by atoms with Crippen LogP contribution >= 0.6 is 34.3 Å². The molecule has 2 aromatic carbocycles.